The summed E-state index contributed by atoms with van der Waals surface area (Å²) in [6, 6.07) is 9.76. The van der Waals surface area contributed by atoms with E-state index in [1.54, 1.807) is 17.7 Å². The Morgan fingerprint density at radius 2 is 2.00 bits per heavy atom. The number of benzene rings is 1. The highest BCUT2D eigenvalue weighted by Crippen LogP contribution is 2.05. The average Bonchev–Trinajstić information content (AvgIpc) is 2.27. The second-order valence-electron chi connectivity index (χ2n) is 3.57. The number of halogens is 1. The first-order valence-corrected chi connectivity index (χ1v) is 5.32. The predicted octanol–water partition coefficient (Wildman–Crippen LogP) is 2.25. The summed E-state index contributed by atoms with van der Waals surface area (Å²) in [5.74, 6) is 0. The van der Waals surface area contributed by atoms with Crippen LogP contribution in [-0.2, 0) is 6.54 Å². The second-order valence-corrected chi connectivity index (χ2v) is 3.95. The molecule has 4 heteroatoms. The first kappa shape index (κ1) is 10.9. The maximum atomic E-state index is 11.8. The van der Waals surface area contributed by atoms with Crippen LogP contribution >= 0.6 is 11.6 Å². The van der Waals surface area contributed by atoms with Gasteiger partial charge in [-0.25, -0.2) is 4.98 Å². The monoisotopic (exact) mass is 234 g/mol. The van der Waals surface area contributed by atoms with E-state index in [0.29, 0.717) is 17.4 Å². The van der Waals surface area contributed by atoms with E-state index in [-0.39, 0.29) is 5.56 Å². The Bertz CT molecular complexity index is 549. The van der Waals surface area contributed by atoms with Gasteiger partial charge in [0.05, 0.1) is 6.54 Å². The molecule has 0 atom stereocenters. The Morgan fingerprint density at radius 1 is 1.31 bits per heavy atom. The minimum absolute atomic E-state index is 0.103. The molecule has 1 heterocycles. The lowest BCUT2D eigenvalue weighted by atomic mass is 10.2. The molecule has 3 nitrogen and oxygen atoms in total. The van der Waals surface area contributed by atoms with Crippen molar-refractivity contribution in [3.63, 3.8) is 0 Å². The van der Waals surface area contributed by atoms with Crippen LogP contribution in [-0.4, -0.2) is 9.55 Å². The molecule has 0 aliphatic rings. The van der Waals surface area contributed by atoms with Crippen LogP contribution in [0.15, 0.2) is 41.3 Å². The highest BCUT2D eigenvalue weighted by atomic mass is 35.5. The molecule has 1 aromatic heterocycles. The molecule has 0 aliphatic carbocycles. The van der Waals surface area contributed by atoms with Crippen LogP contribution in [0, 0.1) is 6.92 Å². The number of hydrogen-bond donors (Lipinski definition) is 0. The van der Waals surface area contributed by atoms with Gasteiger partial charge in [0.1, 0.15) is 10.8 Å². The molecule has 0 unspecified atom stereocenters. The van der Waals surface area contributed by atoms with Gasteiger partial charge in [0.25, 0.3) is 5.56 Å². The van der Waals surface area contributed by atoms with Crippen molar-refractivity contribution in [3.05, 3.63) is 63.3 Å². The molecule has 0 saturated carbocycles. The van der Waals surface area contributed by atoms with Crippen LogP contribution in [0.25, 0.3) is 0 Å². The molecule has 2 aromatic rings. The normalized spacial score (nSPS) is 10.4. The highest BCUT2D eigenvalue weighted by molar-refractivity contribution is 6.29. The Balaban J connectivity index is 2.39. The van der Waals surface area contributed by atoms with Gasteiger partial charge in [0, 0.05) is 6.20 Å². The summed E-state index contributed by atoms with van der Waals surface area (Å²) >= 11 is 5.82. The van der Waals surface area contributed by atoms with Gasteiger partial charge in [-0.15, -0.1) is 0 Å². The topological polar surface area (TPSA) is 34.9 Å². The third-order valence-electron chi connectivity index (χ3n) is 2.30. The van der Waals surface area contributed by atoms with Crippen LogP contribution < -0.4 is 5.56 Å². The maximum Gasteiger partial charge on any atom is 0.272 e. The van der Waals surface area contributed by atoms with E-state index in [1.165, 1.54) is 0 Å². The van der Waals surface area contributed by atoms with Gasteiger partial charge < -0.3 is 4.57 Å². The molecule has 0 saturated heterocycles. The fourth-order valence-electron chi connectivity index (χ4n) is 1.53. The standard InChI is InChI=1S/C12H11ClN2O/c1-9-12(16)15(8-11(13)14-9)7-10-5-3-2-4-6-10/h2-6,8H,7H2,1H3. The van der Waals surface area contributed by atoms with Crippen LogP contribution in [0.1, 0.15) is 11.3 Å². The van der Waals surface area contributed by atoms with Gasteiger partial charge in [0.15, 0.2) is 0 Å². The van der Waals surface area contributed by atoms with Crippen LogP contribution in [0.5, 0.6) is 0 Å². The summed E-state index contributed by atoms with van der Waals surface area (Å²) in [6.07, 6.45) is 1.56. The van der Waals surface area contributed by atoms with Crippen LogP contribution in [0.4, 0.5) is 0 Å². The first-order chi connectivity index (χ1) is 7.66. The van der Waals surface area contributed by atoms with Crippen molar-refractivity contribution in [2.24, 2.45) is 0 Å². The van der Waals surface area contributed by atoms with Gasteiger partial charge in [-0.2, -0.15) is 0 Å². The molecule has 0 aliphatic heterocycles. The first-order valence-electron chi connectivity index (χ1n) is 4.94. The SMILES string of the molecule is Cc1nc(Cl)cn(Cc2ccccc2)c1=O. The lowest BCUT2D eigenvalue weighted by Crippen LogP contribution is -2.23. The molecule has 0 N–H and O–H groups in total. The molecular formula is C12H11ClN2O. The van der Waals surface area contributed by atoms with Crippen LogP contribution in [0.2, 0.25) is 5.15 Å². The average molecular weight is 235 g/mol. The number of aromatic nitrogens is 2. The Morgan fingerprint density at radius 3 is 2.69 bits per heavy atom. The van der Waals surface area contributed by atoms with E-state index in [1.807, 2.05) is 30.3 Å². The zero-order valence-electron chi connectivity index (χ0n) is 8.85. The lowest BCUT2D eigenvalue weighted by molar-refractivity contribution is 0.738. The van der Waals surface area contributed by atoms with Crippen molar-refractivity contribution in [2.45, 2.75) is 13.5 Å². The van der Waals surface area contributed by atoms with Gasteiger partial charge in [0.2, 0.25) is 0 Å². The number of rotatable bonds is 2. The third kappa shape index (κ3) is 2.31. The van der Waals surface area contributed by atoms with Gasteiger partial charge >= 0.3 is 0 Å². The fraction of sp³-hybridized carbons (Fsp3) is 0.167. The zero-order chi connectivity index (χ0) is 11.5. The Labute approximate surface area is 98.3 Å². The minimum atomic E-state index is -0.103. The van der Waals surface area contributed by atoms with E-state index >= 15 is 0 Å². The summed E-state index contributed by atoms with van der Waals surface area (Å²) in [4.78, 5) is 15.7. The largest absolute Gasteiger partial charge is 0.306 e. The van der Waals surface area contributed by atoms with Crippen molar-refractivity contribution in [3.8, 4) is 0 Å². The van der Waals surface area contributed by atoms with E-state index < -0.39 is 0 Å². The van der Waals surface area contributed by atoms with Gasteiger partial charge in [-0.1, -0.05) is 41.9 Å². The molecule has 0 bridgehead atoms. The molecule has 0 spiro atoms. The quantitative estimate of drug-likeness (QED) is 0.799. The fourth-order valence-corrected chi connectivity index (χ4v) is 1.77. The smallest absolute Gasteiger partial charge is 0.272 e. The van der Waals surface area contributed by atoms with E-state index in [9.17, 15) is 4.79 Å². The summed E-state index contributed by atoms with van der Waals surface area (Å²) in [7, 11) is 0. The molecule has 1 aromatic carbocycles. The lowest BCUT2D eigenvalue weighted by Gasteiger charge is -2.06. The number of nitrogens with zero attached hydrogens (tertiary/aromatic N) is 2. The highest BCUT2D eigenvalue weighted by Gasteiger charge is 2.03. The maximum absolute atomic E-state index is 11.8. The van der Waals surface area contributed by atoms with Crippen LogP contribution in [0.3, 0.4) is 0 Å². The number of hydrogen-bond acceptors (Lipinski definition) is 2. The molecule has 0 radical (unpaired) electrons. The molecule has 2 rings (SSSR count). The number of aryl methyl sites for hydroxylation is 1. The van der Waals surface area contributed by atoms with E-state index in [2.05, 4.69) is 4.98 Å². The molecule has 0 fully saturated rings. The van der Waals surface area contributed by atoms with E-state index in [4.69, 9.17) is 11.6 Å². The van der Waals surface area contributed by atoms with Crippen molar-refractivity contribution in [2.75, 3.05) is 0 Å². The summed E-state index contributed by atoms with van der Waals surface area (Å²) in [5.41, 5.74) is 1.38. The Hall–Kier alpha value is -1.61. The predicted molar refractivity (Wildman–Crippen MR) is 63.8 cm³/mol. The van der Waals surface area contributed by atoms with E-state index in [0.717, 1.165) is 5.56 Å². The molecule has 0 amide bonds. The molecular weight excluding hydrogens is 224 g/mol. The zero-order valence-corrected chi connectivity index (χ0v) is 9.61. The van der Waals surface area contributed by atoms with Crippen molar-refractivity contribution in [1.29, 1.82) is 0 Å². The minimum Gasteiger partial charge on any atom is -0.306 e. The Kier molecular flexibility index (Phi) is 3.06. The summed E-state index contributed by atoms with van der Waals surface area (Å²) in [6.45, 7) is 2.18. The summed E-state index contributed by atoms with van der Waals surface area (Å²) in [5, 5.41) is 0.341. The summed E-state index contributed by atoms with van der Waals surface area (Å²) < 4.78 is 1.57. The third-order valence-corrected chi connectivity index (χ3v) is 2.49. The molecule has 16 heavy (non-hydrogen) atoms. The van der Waals surface area contributed by atoms with Gasteiger partial charge in [-0.05, 0) is 12.5 Å². The van der Waals surface area contributed by atoms with Gasteiger partial charge in [-0.3, -0.25) is 4.79 Å². The van der Waals surface area contributed by atoms with Crippen molar-refractivity contribution < 1.29 is 0 Å². The second kappa shape index (κ2) is 4.49. The van der Waals surface area contributed by atoms with Crippen molar-refractivity contribution >= 4 is 11.6 Å². The van der Waals surface area contributed by atoms with Crippen molar-refractivity contribution in [1.82, 2.24) is 9.55 Å². The molecule has 82 valence electrons.